The zero-order valence-corrected chi connectivity index (χ0v) is 12.9. The van der Waals surface area contributed by atoms with E-state index in [0.29, 0.717) is 12.7 Å². The van der Waals surface area contributed by atoms with E-state index in [1.165, 1.54) is 12.1 Å². The highest BCUT2D eigenvalue weighted by Crippen LogP contribution is 2.09. The summed E-state index contributed by atoms with van der Waals surface area (Å²) in [5, 5.41) is 2.56. The lowest BCUT2D eigenvalue weighted by molar-refractivity contribution is 0.111. The highest BCUT2D eigenvalue weighted by atomic mass is 19.1. The molecule has 2 aromatic carbocycles. The molecule has 0 saturated carbocycles. The largest absolute Gasteiger partial charge is 0.445 e. The summed E-state index contributed by atoms with van der Waals surface area (Å²) in [5.41, 5.74) is 1.04. The summed E-state index contributed by atoms with van der Waals surface area (Å²) in [4.78, 5) is 22.2. The van der Waals surface area contributed by atoms with Crippen LogP contribution in [0.5, 0.6) is 0 Å². The van der Waals surface area contributed by atoms with E-state index in [4.69, 9.17) is 4.74 Å². The summed E-state index contributed by atoms with van der Waals surface area (Å²) in [6.45, 7) is 0.484. The molecular formula is C19H16FNO3. The number of aldehydes is 1. The highest BCUT2D eigenvalue weighted by molar-refractivity contribution is 5.76. The Morgan fingerprint density at radius 1 is 1.17 bits per heavy atom. The molecule has 0 spiro atoms. The second-order valence-corrected chi connectivity index (χ2v) is 4.87. The number of hydrogen-bond acceptors (Lipinski definition) is 3. The number of carbonyl (C=O) groups is 2. The summed E-state index contributed by atoms with van der Waals surface area (Å²) in [5.74, 6) is 4.76. The molecule has 0 aliphatic carbocycles. The standard InChI is InChI=1S/C19H16FNO3/c20-18-16(10-6-11-17(18)13-22)9-4-5-12-21-19(23)24-14-15-7-2-1-3-8-15/h1-3,6-8,10-11,13H,5,12,14H2,(H,21,23). The van der Waals surface area contributed by atoms with E-state index < -0.39 is 11.9 Å². The first kappa shape index (κ1) is 17.2. The van der Waals surface area contributed by atoms with Crippen LogP contribution in [0, 0.1) is 17.7 Å². The van der Waals surface area contributed by atoms with Gasteiger partial charge in [0.1, 0.15) is 12.4 Å². The molecule has 0 radical (unpaired) electrons. The van der Waals surface area contributed by atoms with Gasteiger partial charge >= 0.3 is 6.09 Å². The van der Waals surface area contributed by atoms with Crippen LogP contribution in [0.3, 0.4) is 0 Å². The third-order valence-electron chi connectivity index (χ3n) is 3.11. The summed E-state index contributed by atoms with van der Waals surface area (Å²) in [6, 6.07) is 13.8. The summed E-state index contributed by atoms with van der Waals surface area (Å²) in [6.07, 6.45) is 0.255. The van der Waals surface area contributed by atoms with Crippen molar-refractivity contribution in [3.8, 4) is 11.8 Å². The Bertz CT molecular complexity index is 763. The molecule has 1 amide bonds. The Morgan fingerprint density at radius 3 is 2.71 bits per heavy atom. The Labute approximate surface area is 139 Å². The van der Waals surface area contributed by atoms with Crippen molar-refractivity contribution in [1.82, 2.24) is 5.32 Å². The van der Waals surface area contributed by atoms with Gasteiger partial charge in [-0.3, -0.25) is 4.79 Å². The van der Waals surface area contributed by atoms with Gasteiger partial charge in [-0.1, -0.05) is 48.2 Å². The number of hydrogen-bond donors (Lipinski definition) is 1. The molecule has 0 aromatic heterocycles. The first-order valence-electron chi connectivity index (χ1n) is 7.38. The maximum Gasteiger partial charge on any atom is 0.407 e. The molecular weight excluding hydrogens is 309 g/mol. The van der Waals surface area contributed by atoms with E-state index in [1.54, 1.807) is 6.07 Å². The minimum Gasteiger partial charge on any atom is -0.445 e. The third-order valence-corrected chi connectivity index (χ3v) is 3.11. The number of nitrogens with one attached hydrogen (secondary N) is 1. The van der Waals surface area contributed by atoms with Gasteiger partial charge in [0.2, 0.25) is 0 Å². The molecule has 0 atom stereocenters. The first-order chi connectivity index (χ1) is 11.7. The van der Waals surface area contributed by atoms with E-state index in [2.05, 4.69) is 17.2 Å². The molecule has 2 rings (SSSR count). The van der Waals surface area contributed by atoms with Gasteiger partial charge in [-0.25, -0.2) is 9.18 Å². The van der Waals surface area contributed by atoms with Crippen molar-refractivity contribution in [2.75, 3.05) is 6.54 Å². The fourth-order valence-corrected chi connectivity index (χ4v) is 1.90. The Hall–Kier alpha value is -3.13. The normalized spacial score (nSPS) is 9.54. The Kier molecular flexibility index (Phi) is 6.54. The SMILES string of the molecule is O=Cc1cccc(C#CCCNC(=O)OCc2ccccc2)c1F. The molecule has 0 bridgehead atoms. The molecule has 0 fully saturated rings. The molecule has 24 heavy (non-hydrogen) atoms. The van der Waals surface area contributed by atoms with E-state index in [-0.39, 0.29) is 24.3 Å². The lowest BCUT2D eigenvalue weighted by Crippen LogP contribution is -2.24. The van der Waals surface area contributed by atoms with Crippen LogP contribution in [0.1, 0.15) is 27.9 Å². The van der Waals surface area contributed by atoms with Crippen LogP contribution in [-0.4, -0.2) is 18.9 Å². The number of alkyl carbamates (subject to hydrolysis) is 1. The van der Waals surface area contributed by atoms with Crippen LogP contribution >= 0.6 is 0 Å². The van der Waals surface area contributed by atoms with Crippen LogP contribution in [0.25, 0.3) is 0 Å². The predicted molar refractivity (Wildman–Crippen MR) is 87.9 cm³/mol. The average Bonchev–Trinajstić information content (AvgIpc) is 2.62. The van der Waals surface area contributed by atoms with Gasteiger partial charge in [0, 0.05) is 13.0 Å². The molecule has 4 nitrogen and oxygen atoms in total. The van der Waals surface area contributed by atoms with Crippen molar-refractivity contribution in [3.63, 3.8) is 0 Å². The minimum absolute atomic E-state index is 0.0237. The average molecular weight is 325 g/mol. The van der Waals surface area contributed by atoms with E-state index >= 15 is 0 Å². The number of halogens is 1. The minimum atomic E-state index is -0.629. The lowest BCUT2D eigenvalue weighted by atomic mass is 10.1. The number of ether oxygens (including phenoxy) is 1. The molecule has 0 unspecified atom stereocenters. The third kappa shape index (κ3) is 5.25. The number of benzene rings is 2. The van der Waals surface area contributed by atoms with Gasteiger partial charge in [0.15, 0.2) is 6.29 Å². The van der Waals surface area contributed by atoms with Crippen molar-refractivity contribution in [2.24, 2.45) is 0 Å². The molecule has 0 aliphatic rings. The second kappa shape index (κ2) is 9.11. The quantitative estimate of drug-likeness (QED) is 0.521. The van der Waals surface area contributed by atoms with Crippen LogP contribution < -0.4 is 5.32 Å². The second-order valence-electron chi connectivity index (χ2n) is 4.87. The van der Waals surface area contributed by atoms with E-state index in [1.807, 2.05) is 30.3 Å². The zero-order chi connectivity index (χ0) is 17.2. The van der Waals surface area contributed by atoms with Crippen LogP contribution in [0.15, 0.2) is 48.5 Å². The highest BCUT2D eigenvalue weighted by Gasteiger charge is 2.04. The van der Waals surface area contributed by atoms with Crippen molar-refractivity contribution in [1.29, 1.82) is 0 Å². The van der Waals surface area contributed by atoms with Crippen molar-refractivity contribution in [2.45, 2.75) is 13.0 Å². The van der Waals surface area contributed by atoms with Crippen LogP contribution in [-0.2, 0) is 11.3 Å². The van der Waals surface area contributed by atoms with Crippen molar-refractivity contribution < 1.29 is 18.7 Å². The summed E-state index contributed by atoms with van der Waals surface area (Å²) in [7, 11) is 0. The molecule has 1 N–H and O–H groups in total. The molecule has 0 saturated heterocycles. The van der Waals surface area contributed by atoms with Crippen molar-refractivity contribution in [3.05, 3.63) is 71.0 Å². The smallest absolute Gasteiger partial charge is 0.407 e. The fourth-order valence-electron chi connectivity index (χ4n) is 1.90. The van der Waals surface area contributed by atoms with Crippen LogP contribution in [0.2, 0.25) is 0 Å². The number of amides is 1. The lowest BCUT2D eigenvalue weighted by Gasteiger charge is -2.05. The topological polar surface area (TPSA) is 55.4 Å². The zero-order valence-electron chi connectivity index (χ0n) is 12.9. The molecule has 0 aliphatic heterocycles. The maximum absolute atomic E-state index is 13.7. The predicted octanol–water partition coefficient (Wildman–Crippen LogP) is 3.31. The fraction of sp³-hybridized carbons (Fsp3) is 0.158. The molecule has 0 heterocycles. The van der Waals surface area contributed by atoms with Gasteiger partial charge in [-0.15, -0.1) is 0 Å². The van der Waals surface area contributed by atoms with Crippen molar-refractivity contribution >= 4 is 12.4 Å². The van der Waals surface area contributed by atoms with Gasteiger partial charge in [-0.05, 0) is 17.7 Å². The van der Waals surface area contributed by atoms with Gasteiger partial charge in [0.05, 0.1) is 11.1 Å². The maximum atomic E-state index is 13.7. The van der Waals surface area contributed by atoms with Gasteiger partial charge in [-0.2, -0.15) is 0 Å². The summed E-state index contributed by atoms with van der Waals surface area (Å²) >= 11 is 0. The molecule has 2 aromatic rings. The first-order valence-corrected chi connectivity index (χ1v) is 7.38. The van der Waals surface area contributed by atoms with Crippen LogP contribution in [0.4, 0.5) is 9.18 Å². The number of carbonyl (C=O) groups excluding carboxylic acids is 2. The monoisotopic (exact) mass is 325 g/mol. The molecule has 5 heteroatoms. The Morgan fingerprint density at radius 2 is 1.96 bits per heavy atom. The Balaban J connectivity index is 1.73. The van der Waals surface area contributed by atoms with Gasteiger partial charge < -0.3 is 10.1 Å². The molecule has 122 valence electrons. The number of rotatable bonds is 5. The van der Waals surface area contributed by atoms with E-state index in [9.17, 15) is 14.0 Å². The van der Waals surface area contributed by atoms with E-state index in [0.717, 1.165) is 5.56 Å². The summed E-state index contributed by atoms with van der Waals surface area (Å²) < 4.78 is 18.8. The van der Waals surface area contributed by atoms with Gasteiger partial charge in [0.25, 0.3) is 0 Å².